The van der Waals surface area contributed by atoms with Gasteiger partial charge in [-0.2, -0.15) is 13.2 Å². The van der Waals surface area contributed by atoms with Crippen LogP contribution in [0.5, 0.6) is 0 Å². The number of carbonyl (C=O) groups is 3. The Bertz CT molecular complexity index is 1370. The lowest BCUT2D eigenvalue weighted by Gasteiger charge is -2.36. The first kappa shape index (κ1) is 23.5. The quantitative estimate of drug-likeness (QED) is 0.403. The van der Waals surface area contributed by atoms with Crippen molar-refractivity contribution in [3.8, 4) is 0 Å². The lowest BCUT2D eigenvalue weighted by molar-refractivity contribution is -0.138. The average molecular weight is 498 g/mol. The number of carbonyl (C=O) groups excluding carboxylic acids is 3. The maximum Gasteiger partial charge on any atom is 0.417 e. The van der Waals surface area contributed by atoms with Crippen molar-refractivity contribution in [1.82, 2.24) is 9.88 Å². The van der Waals surface area contributed by atoms with Gasteiger partial charge in [0.1, 0.15) is 11.5 Å². The molecule has 2 aliphatic heterocycles. The van der Waals surface area contributed by atoms with Gasteiger partial charge in [0, 0.05) is 26.2 Å². The van der Waals surface area contributed by atoms with Crippen LogP contribution in [-0.2, 0) is 6.18 Å². The lowest BCUT2D eigenvalue weighted by Crippen LogP contribution is -2.49. The van der Waals surface area contributed by atoms with Crippen molar-refractivity contribution >= 4 is 29.1 Å². The van der Waals surface area contributed by atoms with Crippen molar-refractivity contribution in [1.29, 1.82) is 0 Å². The molecule has 11 heteroatoms. The van der Waals surface area contributed by atoms with E-state index in [1.165, 1.54) is 11.1 Å². The van der Waals surface area contributed by atoms with Crippen LogP contribution in [-0.4, -0.2) is 53.8 Å². The van der Waals surface area contributed by atoms with Crippen LogP contribution >= 0.6 is 0 Å². The largest absolute Gasteiger partial charge is 0.417 e. The van der Waals surface area contributed by atoms with Crippen molar-refractivity contribution in [2.75, 3.05) is 36.0 Å². The van der Waals surface area contributed by atoms with Crippen LogP contribution in [0.3, 0.4) is 0 Å². The van der Waals surface area contributed by atoms with Gasteiger partial charge in [0.05, 0.1) is 34.3 Å². The van der Waals surface area contributed by atoms with Gasteiger partial charge in [0.2, 0.25) is 0 Å². The van der Waals surface area contributed by atoms with Gasteiger partial charge >= 0.3 is 6.18 Å². The third-order valence-corrected chi connectivity index (χ3v) is 6.18. The number of nitrogens with zero attached hydrogens (tertiary/aromatic N) is 4. The molecule has 0 unspecified atom stereocenters. The van der Waals surface area contributed by atoms with E-state index < -0.39 is 40.8 Å². The number of benzene rings is 2. The number of anilines is 2. The highest BCUT2D eigenvalue weighted by Gasteiger charge is 2.39. The number of amides is 3. The molecular formula is C25H18F4N4O3. The van der Waals surface area contributed by atoms with Crippen LogP contribution in [0, 0.1) is 5.82 Å². The summed E-state index contributed by atoms with van der Waals surface area (Å²) in [5, 5.41) is 0. The second-order valence-corrected chi connectivity index (χ2v) is 8.34. The van der Waals surface area contributed by atoms with E-state index in [1.807, 2.05) is 4.90 Å². The molecule has 3 aromatic rings. The maximum atomic E-state index is 13.6. The molecule has 1 fully saturated rings. The molecule has 7 nitrogen and oxygen atoms in total. The van der Waals surface area contributed by atoms with E-state index in [0.29, 0.717) is 29.6 Å². The highest BCUT2D eigenvalue weighted by Crippen LogP contribution is 2.34. The molecule has 1 aromatic heterocycles. The van der Waals surface area contributed by atoms with E-state index in [1.54, 1.807) is 36.4 Å². The van der Waals surface area contributed by atoms with E-state index in [9.17, 15) is 31.9 Å². The van der Waals surface area contributed by atoms with Gasteiger partial charge in [-0.1, -0.05) is 18.2 Å². The zero-order chi connectivity index (χ0) is 25.6. The molecule has 0 spiro atoms. The highest BCUT2D eigenvalue weighted by atomic mass is 19.4. The predicted octanol–water partition coefficient (Wildman–Crippen LogP) is 4.00. The van der Waals surface area contributed by atoms with Crippen molar-refractivity contribution in [2.45, 2.75) is 6.18 Å². The Kier molecular flexibility index (Phi) is 5.70. The van der Waals surface area contributed by atoms with Gasteiger partial charge in [-0.05, 0) is 36.4 Å². The zero-order valence-corrected chi connectivity index (χ0v) is 18.6. The second-order valence-electron chi connectivity index (χ2n) is 8.34. The van der Waals surface area contributed by atoms with Gasteiger partial charge in [-0.25, -0.2) is 14.3 Å². The summed E-state index contributed by atoms with van der Waals surface area (Å²) in [7, 11) is 0. The summed E-state index contributed by atoms with van der Waals surface area (Å²) >= 11 is 0. The average Bonchev–Trinajstić information content (AvgIpc) is 3.12. The fourth-order valence-corrected chi connectivity index (χ4v) is 4.37. The third kappa shape index (κ3) is 4.06. The van der Waals surface area contributed by atoms with Gasteiger partial charge in [-0.15, -0.1) is 0 Å². The molecule has 184 valence electrons. The van der Waals surface area contributed by atoms with Gasteiger partial charge in [0.15, 0.2) is 0 Å². The highest BCUT2D eigenvalue weighted by molar-refractivity contribution is 6.33. The van der Waals surface area contributed by atoms with Crippen LogP contribution in [0.4, 0.5) is 28.9 Å². The molecule has 3 heterocycles. The normalized spacial score (nSPS) is 15.9. The van der Waals surface area contributed by atoms with Crippen molar-refractivity contribution in [3.05, 3.63) is 89.0 Å². The van der Waals surface area contributed by atoms with Crippen LogP contribution in [0.1, 0.15) is 36.8 Å². The molecule has 0 saturated carbocycles. The topological polar surface area (TPSA) is 73.8 Å². The molecule has 0 N–H and O–H groups in total. The zero-order valence-electron chi connectivity index (χ0n) is 18.6. The van der Waals surface area contributed by atoms with Gasteiger partial charge in [0.25, 0.3) is 17.7 Å². The van der Waals surface area contributed by atoms with E-state index >= 15 is 0 Å². The number of rotatable bonds is 3. The summed E-state index contributed by atoms with van der Waals surface area (Å²) in [6, 6.07) is 11.8. The number of pyridine rings is 1. The minimum absolute atomic E-state index is 0.0344. The van der Waals surface area contributed by atoms with Gasteiger partial charge in [-0.3, -0.25) is 14.4 Å². The SMILES string of the molecule is O=C(c1cc(F)ccc1C(F)(F)F)N1CCN(c2cnc3c(c2)C(=O)N(c2ccccc2)C3=O)CC1. The number of alkyl halides is 3. The van der Waals surface area contributed by atoms with E-state index in [-0.39, 0.29) is 37.4 Å². The molecule has 1 saturated heterocycles. The number of imide groups is 1. The third-order valence-electron chi connectivity index (χ3n) is 6.18. The fraction of sp³-hybridized carbons (Fsp3) is 0.200. The van der Waals surface area contributed by atoms with Crippen molar-refractivity contribution < 1.29 is 31.9 Å². The lowest BCUT2D eigenvalue weighted by atomic mass is 10.0. The molecule has 0 atom stereocenters. The van der Waals surface area contributed by atoms with Gasteiger partial charge < -0.3 is 9.80 Å². The second kappa shape index (κ2) is 8.74. The number of piperazine rings is 1. The molecule has 5 rings (SSSR count). The minimum atomic E-state index is -4.80. The summed E-state index contributed by atoms with van der Waals surface area (Å²) in [6.07, 6.45) is -3.35. The van der Waals surface area contributed by atoms with E-state index in [0.717, 1.165) is 4.90 Å². The first-order valence-electron chi connectivity index (χ1n) is 11.0. The Balaban J connectivity index is 1.32. The number of fused-ring (bicyclic) bond motifs is 1. The maximum absolute atomic E-state index is 13.6. The number of hydrogen-bond acceptors (Lipinski definition) is 5. The van der Waals surface area contributed by atoms with E-state index in [2.05, 4.69) is 4.98 Å². The summed E-state index contributed by atoms with van der Waals surface area (Å²) in [4.78, 5) is 46.8. The first-order valence-corrected chi connectivity index (χ1v) is 11.0. The summed E-state index contributed by atoms with van der Waals surface area (Å²) in [6.45, 7) is 0.639. The van der Waals surface area contributed by atoms with E-state index in [4.69, 9.17) is 0 Å². The van der Waals surface area contributed by atoms with Crippen molar-refractivity contribution in [2.24, 2.45) is 0 Å². The molecule has 36 heavy (non-hydrogen) atoms. The van der Waals surface area contributed by atoms with Crippen LogP contribution < -0.4 is 9.80 Å². The molecule has 0 aliphatic carbocycles. The van der Waals surface area contributed by atoms with Crippen LogP contribution in [0.25, 0.3) is 0 Å². The standard InChI is InChI=1S/C25H18F4N4O3/c26-15-6-7-20(25(27,28)29)18(12-15)22(34)32-10-8-31(9-11-32)17-13-19-21(30-14-17)24(36)33(23(19)35)16-4-2-1-3-5-16/h1-7,12-14H,8-11H2. The van der Waals surface area contributed by atoms with Crippen LogP contribution in [0.2, 0.25) is 0 Å². The number of para-hydroxylation sites is 1. The molecule has 2 aromatic carbocycles. The molecule has 0 bridgehead atoms. The predicted molar refractivity (Wildman–Crippen MR) is 121 cm³/mol. The number of hydrogen-bond donors (Lipinski definition) is 0. The summed E-state index contributed by atoms with van der Waals surface area (Å²) in [5.74, 6) is -2.88. The summed E-state index contributed by atoms with van der Waals surface area (Å²) < 4.78 is 53.6. The minimum Gasteiger partial charge on any atom is -0.367 e. The fourth-order valence-electron chi connectivity index (χ4n) is 4.37. The molecule has 3 amide bonds. The smallest absolute Gasteiger partial charge is 0.367 e. The van der Waals surface area contributed by atoms with Crippen molar-refractivity contribution in [3.63, 3.8) is 0 Å². The number of halogens is 4. The molecule has 0 radical (unpaired) electrons. The Morgan fingerprint density at radius 2 is 1.56 bits per heavy atom. The molecule has 2 aliphatic rings. The Morgan fingerprint density at radius 1 is 0.861 bits per heavy atom. The Labute approximate surface area is 202 Å². The van der Waals surface area contributed by atoms with Crippen LogP contribution in [0.15, 0.2) is 60.8 Å². The summed E-state index contributed by atoms with van der Waals surface area (Å²) in [5.41, 5.74) is -0.777. The first-order chi connectivity index (χ1) is 17.1. The molecular weight excluding hydrogens is 480 g/mol. The Morgan fingerprint density at radius 3 is 2.22 bits per heavy atom. The number of aromatic nitrogens is 1. The Hall–Kier alpha value is -4.28. The monoisotopic (exact) mass is 498 g/mol.